The van der Waals surface area contributed by atoms with E-state index in [1.807, 2.05) is 104 Å². The predicted molar refractivity (Wildman–Crippen MR) is 240 cm³/mol. The molecule has 0 unspecified atom stereocenters. The van der Waals surface area contributed by atoms with Crippen molar-refractivity contribution < 1.29 is 25.6 Å². The quantitative estimate of drug-likeness (QED) is 0.122. The van der Waals surface area contributed by atoms with Crippen molar-refractivity contribution in [3.8, 4) is 34.2 Å². The van der Waals surface area contributed by atoms with Gasteiger partial charge in [-0.25, -0.2) is 0 Å². The Morgan fingerprint density at radius 3 is 1.29 bits per heavy atom. The van der Waals surface area contributed by atoms with Crippen LogP contribution in [0.2, 0.25) is 0 Å². The average Bonchev–Trinajstić information content (AvgIpc) is 4.09. The van der Waals surface area contributed by atoms with E-state index in [0.29, 0.717) is 0 Å². The molecular weight excluding hydrogens is 982 g/mol. The van der Waals surface area contributed by atoms with Crippen molar-refractivity contribution in [3.63, 3.8) is 0 Å². The number of hydrogen-bond acceptors (Lipinski definition) is 7. The minimum atomic E-state index is -0.977. The maximum atomic E-state index is 5.15. The van der Waals surface area contributed by atoms with Gasteiger partial charge in [-0.05, 0) is 95.7 Å². The summed E-state index contributed by atoms with van der Waals surface area (Å²) in [4.78, 5) is 35.1. The van der Waals surface area contributed by atoms with Crippen LogP contribution in [0, 0.1) is 25.4 Å². The largest absolute Gasteiger partial charge is 0.354 e. The molecule has 0 atom stereocenters. The minimum Gasteiger partial charge on any atom is -0.354 e. The van der Waals surface area contributed by atoms with Gasteiger partial charge >= 0.3 is 0 Å². The molecular formula is C55H35N9Pt-2. The standard InChI is InChI=1S/C55H35N9.Pt/c1-35-21-28-56-46(31-35)54(42-17-7-24-59-49(42)50-43(54)18-8-25-60-50)38-13-3-11-36(32-38)53(40-15-5-22-57-47(40)48-41(53)16-6-23-58-48)37-12-4-14-39(33-37)55(64-30-29-63(2)34-64)44-19-9-26-61-51(44)52-45(55)20-10-27-62-52;/h3-31H,1-2H3;/q-2;. The summed E-state index contributed by atoms with van der Waals surface area (Å²) in [7, 11) is 1.99. The van der Waals surface area contributed by atoms with Gasteiger partial charge in [-0.2, -0.15) is 48.5 Å². The Hall–Kier alpha value is -7.61. The molecule has 0 radical (unpaired) electrons. The van der Waals surface area contributed by atoms with Crippen LogP contribution in [0.5, 0.6) is 0 Å². The van der Waals surface area contributed by atoms with Crippen LogP contribution in [0.4, 0.5) is 0 Å². The second kappa shape index (κ2) is 14.5. The summed E-state index contributed by atoms with van der Waals surface area (Å²) in [6.45, 7) is 2.11. The Kier molecular flexibility index (Phi) is 8.68. The zero-order valence-electron chi connectivity index (χ0n) is 35.1. The first kappa shape index (κ1) is 39.0. The Bertz CT molecular complexity index is 3410. The minimum absolute atomic E-state index is 0. The smallest absolute Gasteiger partial charge is 0.204 e. The van der Waals surface area contributed by atoms with E-state index >= 15 is 0 Å². The number of imidazole rings is 1. The molecule has 0 amide bonds. The van der Waals surface area contributed by atoms with Gasteiger partial charge in [0.1, 0.15) is 5.54 Å². The Morgan fingerprint density at radius 2 is 0.846 bits per heavy atom. The molecule has 0 spiro atoms. The third kappa shape index (κ3) is 5.07. The molecule has 2 aromatic carbocycles. The fourth-order valence-electron chi connectivity index (χ4n) is 11.0. The molecule has 0 fully saturated rings. The molecule has 13 rings (SSSR count). The maximum absolute atomic E-state index is 5.15. The topological polar surface area (TPSA) is 99.0 Å². The fourth-order valence-corrected chi connectivity index (χ4v) is 11.0. The van der Waals surface area contributed by atoms with Crippen LogP contribution < -0.4 is 4.57 Å². The first-order chi connectivity index (χ1) is 31.5. The normalized spacial score (nSPS) is 14.9. The number of fused-ring (bicyclic) bond motifs is 9. The second-order valence-corrected chi connectivity index (χ2v) is 16.7. The SMILES string of the molecule is Cc1ccnc(C2(c3[c-]c(C4(c5[c-]c(C6(n7[c-][n+](C)cc7)c7cccnc7-c7ncccc76)ccc5)c5cccnc5-c5ncccc54)ccc3)c3cccnc3-c3ncccc32)c1.[Pt]. The summed E-state index contributed by atoms with van der Waals surface area (Å²) < 4.78 is 4.09. The van der Waals surface area contributed by atoms with Crippen molar-refractivity contribution >= 4 is 0 Å². The van der Waals surface area contributed by atoms with Gasteiger partial charge in [-0.3, -0.25) is 34.9 Å². The van der Waals surface area contributed by atoms with E-state index in [1.54, 1.807) is 0 Å². The molecule has 0 bridgehead atoms. The van der Waals surface area contributed by atoms with E-state index in [4.69, 9.17) is 34.9 Å². The summed E-state index contributed by atoms with van der Waals surface area (Å²) in [5.41, 5.74) is 13.8. The third-order valence-electron chi connectivity index (χ3n) is 13.5. The van der Waals surface area contributed by atoms with Crippen molar-refractivity contribution in [1.82, 2.24) is 39.5 Å². The maximum Gasteiger partial charge on any atom is 0.204 e. The fraction of sp³-hybridized carbons (Fsp3) is 0.0909. The molecule has 10 heteroatoms. The predicted octanol–water partition coefficient (Wildman–Crippen LogP) is 8.33. The molecule has 10 aromatic rings. The van der Waals surface area contributed by atoms with Crippen molar-refractivity contribution in [3.05, 3.63) is 262 Å². The summed E-state index contributed by atoms with van der Waals surface area (Å²) >= 11 is 0. The molecule has 9 nitrogen and oxygen atoms in total. The Balaban J connectivity index is 0.00000444. The third-order valence-corrected chi connectivity index (χ3v) is 13.5. The van der Waals surface area contributed by atoms with E-state index in [1.165, 1.54) is 0 Å². The zero-order valence-corrected chi connectivity index (χ0v) is 37.4. The summed E-state index contributed by atoms with van der Waals surface area (Å²) in [5.74, 6) is 0. The molecule has 8 aromatic heterocycles. The second-order valence-electron chi connectivity index (χ2n) is 16.7. The molecule has 65 heavy (non-hydrogen) atoms. The van der Waals surface area contributed by atoms with Crippen molar-refractivity contribution in [2.75, 3.05) is 0 Å². The monoisotopic (exact) mass is 1020 g/mol. The van der Waals surface area contributed by atoms with Gasteiger partial charge < -0.3 is 9.13 Å². The van der Waals surface area contributed by atoms with Gasteiger partial charge in [0.25, 0.3) is 0 Å². The van der Waals surface area contributed by atoms with Crippen LogP contribution in [0.3, 0.4) is 0 Å². The van der Waals surface area contributed by atoms with E-state index < -0.39 is 16.4 Å². The van der Waals surface area contributed by atoms with Crippen molar-refractivity contribution in [2.24, 2.45) is 7.05 Å². The molecule has 0 N–H and O–H groups in total. The molecule has 312 valence electrons. The number of benzene rings is 2. The molecule has 3 aliphatic carbocycles. The van der Waals surface area contributed by atoms with Gasteiger partial charge in [0.15, 0.2) is 0 Å². The van der Waals surface area contributed by atoms with Gasteiger partial charge in [0.05, 0.1) is 52.3 Å². The first-order valence-corrected chi connectivity index (χ1v) is 21.3. The van der Waals surface area contributed by atoms with Gasteiger partial charge in [0.2, 0.25) is 6.33 Å². The number of aromatic nitrogens is 9. The molecule has 3 aliphatic rings. The van der Waals surface area contributed by atoms with E-state index in [-0.39, 0.29) is 21.1 Å². The van der Waals surface area contributed by atoms with Gasteiger partial charge in [0, 0.05) is 81.0 Å². The number of nitrogens with zero attached hydrogens (tertiary/aromatic N) is 9. The zero-order chi connectivity index (χ0) is 42.6. The number of pyridine rings is 7. The van der Waals surface area contributed by atoms with Crippen LogP contribution in [0.1, 0.15) is 66.9 Å². The number of aryl methyl sites for hydroxylation is 2. The Labute approximate surface area is 390 Å². The molecule has 8 heterocycles. The van der Waals surface area contributed by atoms with Crippen molar-refractivity contribution in [1.29, 1.82) is 0 Å². The van der Waals surface area contributed by atoms with E-state index in [0.717, 1.165) is 101 Å². The van der Waals surface area contributed by atoms with Crippen LogP contribution >= 0.6 is 0 Å². The van der Waals surface area contributed by atoms with Crippen LogP contribution in [-0.2, 0) is 44.5 Å². The molecule has 0 saturated carbocycles. The molecule has 0 aliphatic heterocycles. The van der Waals surface area contributed by atoms with E-state index in [2.05, 4.69) is 115 Å². The number of hydrogen-bond donors (Lipinski definition) is 0. The van der Waals surface area contributed by atoms with Gasteiger partial charge in [-0.1, -0.05) is 36.4 Å². The molecule has 0 saturated heterocycles. The Morgan fingerprint density at radius 1 is 0.446 bits per heavy atom. The summed E-state index contributed by atoms with van der Waals surface area (Å²) in [5, 5.41) is 0. The summed E-state index contributed by atoms with van der Waals surface area (Å²) in [6, 6.07) is 50.5. The average molecular weight is 1020 g/mol. The van der Waals surface area contributed by atoms with Gasteiger partial charge in [-0.15, -0.1) is 22.3 Å². The summed E-state index contributed by atoms with van der Waals surface area (Å²) in [6.07, 6.45) is 20.6. The van der Waals surface area contributed by atoms with Crippen molar-refractivity contribution in [2.45, 2.75) is 23.3 Å². The van der Waals surface area contributed by atoms with Crippen LogP contribution in [0.15, 0.2) is 177 Å². The number of rotatable bonds is 6. The first-order valence-electron chi connectivity index (χ1n) is 21.3. The van der Waals surface area contributed by atoms with Crippen LogP contribution in [0.25, 0.3) is 34.2 Å². The van der Waals surface area contributed by atoms with Crippen LogP contribution in [-0.4, -0.2) is 39.5 Å². The van der Waals surface area contributed by atoms with E-state index in [9.17, 15) is 0 Å².